The van der Waals surface area contributed by atoms with Crippen molar-refractivity contribution in [2.24, 2.45) is 10.8 Å². The number of fused-ring (bicyclic) bond motifs is 2. The molecule has 6 aromatic rings. The Bertz CT molecular complexity index is 2110. The van der Waals surface area contributed by atoms with Crippen LogP contribution in [0.15, 0.2) is 97.1 Å². The molecule has 0 heterocycles. The van der Waals surface area contributed by atoms with Gasteiger partial charge in [-0.25, -0.2) is 0 Å². The summed E-state index contributed by atoms with van der Waals surface area (Å²) in [6, 6.07) is 37.4. The molecular weight excluding hydrogens is 887 g/mol. The van der Waals surface area contributed by atoms with Crippen LogP contribution >= 0.6 is 0 Å². The molecule has 2 saturated carbocycles. The topological polar surface area (TPSA) is 0 Å². The van der Waals surface area contributed by atoms with Crippen molar-refractivity contribution >= 4 is 27.0 Å². The Hall–Kier alpha value is -2.22. The van der Waals surface area contributed by atoms with E-state index in [-0.39, 0.29) is 30.2 Å². The number of aryl methyl sites for hydroxylation is 4. The SMILES string of the molecule is CCC1(Cc2cc3c(-c4cc(C)cc(C)c4)cccc3[cH-]2)CCCCCCC1.CCC1(Cc2cc3c(-c4cc(C)cc(C)c4)cccc3[cH-]2)CCCCCCC1.C[Si](C)=[Zr+2].[Cl-].[Cl-]. The third-order valence-corrected chi connectivity index (χ3v) is 14.2. The first-order chi connectivity index (χ1) is 28.9. The van der Waals surface area contributed by atoms with Crippen LogP contribution in [0.4, 0.5) is 0 Å². The van der Waals surface area contributed by atoms with Crippen molar-refractivity contribution in [3.63, 3.8) is 0 Å². The summed E-state index contributed by atoms with van der Waals surface area (Å²) >= 11 is 1.74. The van der Waals surface area contributed by atoms with E-state index in [0.29, 0.717) is 10.8 Å². The van der Waals surface area contributed by atoms with E-state index < -0.39 is 0 Å². The van der Waals surface area contributed by atoms with E-state index in [1.54, 1.807) is 34.5 Å². The van der Waals surface area contributed by atoms with Crippen molar-refractivity contribution in [1.82, 2.24) is 0 Å². The molecule has 0 aromatic heterocycles. The van der Waals surface area contributed by atoms with Crippen molar-refractivity contribution in [3.05, 3.63) is 130 Å². The molecule has 0 bridgehead atoms. The summed E-state index contributed by atoms with van der Waals surface area (Å²) in [5, 5.41) is 5.67. The first-order valence-electron chi connectivity index (χ1n) is 24.0. The van der Waals surface area contributed by atoms with E-state index in [4.69, 9.17) is 0 Å². The molecule has 0 amide bonds. The fourth-order valence-electron chi connectivity index (χ4n) is 11.0. The van der Waals surface area contributed by atoms with E-state index in [9.17, 15) is 0 Å². The molecule has 2 fully saturated rings. The third kappa shape index (κ3) is 14.4. The summed E-state index contributed by atoms with van der Waals surface area (Å²) in [6.45, 7) is 18.3. The van der Waals surface area contributed by atoms with Gasteiger partial charge in [0.05, 0.1) is 0 Å². The van der Waals surface area contributed by atoms with Crippen LogP contribution in [0.2, 0.25) is 13.1 Å². The summed E-state index contributed by atoms with van der Waals surface area (Å²) in [4.78, 5) is 0. The molecule has 0 spiro atoms. The summed E-state index contributed by atoms with van der Waals surface area (Å²) in [5.41, 5.74) is 15.2. The number of hydrogen-bond acceptors (Lipinski definition) is 0. The van der Waals surface area contributed by atoms with E-state index in [2.05, 4.69) is 152 Å². The Morgan fingerprint density at radius 3 is 1.10 bits per heavy atom. The standard InChI is InChI=1S/2C28H35.C2H6Si.2ClH.Zr/c2*1-4-28(13-8-6-5-7-9-14-28)20-23-18-24-11-10-12-26(27(24)19-23)25-16-21(2)15-22(3)17-25;1-3-2;;;/h2*10-12,15-19H,4-9,13-14,20H2,1-3H3;1-2H3;2*1H;/q2*-1;;;;+2/p-2. The Morgan fingerprint density at radius 1 is 0.484 bits per heavy atom. The second kappa shape index (κ2) is 24.9. The molecule has 0 nitrogen and oxygen atoms in total. The van der Waals surface area contributed by atoms with Crippen LogP contribution in [-0.4, -0.2) is 5.43 Å². The third-order valence-electron chi connectivity index (χ3n) is 14.2. The zero-order valence-electron chi connectivity index (χ0n) is 39.7. The molecule has 332 valence electrons. The maximum Gasteiger partial charge on any atom is -1.00 e. The minimum absolute atomic E-state index is 0. The number of rotatable bonds is 8. The molecule has 0 aliphatic heterocycles. The van der Waals surface area contributed by atoms with Crippen LogP contribution in [0.3, 0.4) is 0 Å². The zero-order chi connectivity index (χ0) is 42.7. The van der Waals surface area contributed by atoms with E-state index in [1.165, 1.54) is 182 Å². The smallest absolute Gasteiger partial charge is 1.00 e. The van der Waals surface area contributed by atoms with Gasteiger partial charge in [-0.15, -0.1) is 69.1 Å². The molecule has 0 N–H and O–H groups in total. The molecule has 0 atom stereocenters. The van der Waals surface area contributed by atoms with Gasteiger partial charge in [0.1, 0.15) is 0 Å². The van der Waals surface area contributed by atoms with Crippen molar-refractivity contribution < 1.29 is 48.1 Å². The summed E-state index contributed by atoms with van der Waals surface area (Å²) < 4.78 is 0. The second-order valence-corrected chi connectivity index (χ2v) is 29.1. The fourth-order valence-corrected chi connectivity index (χ4v) is 11.0. The van der Waals surface area contributed by atoms with Crippen molar-refractivity contribution in [2.45, 2.75) is 170 Å². The molecule has 0 saturated heterocycles. The molecule has 8 rings (SSSR count). The first kappa shape index (κ1) is 52.4. The average Bonchev–Trinajstić information content (AvgIpc) is 3.79. The molecular formula is C58H76Cl2SiZr-2. The molecule has 62 heavy (non-hydrogen) atoms. The normalized spacial score (nSPS) is 16.2. The quantitative estimate of drug-likeness (QED) is 0.105. The van der Waals surface area contributed by atoms with Gasteiger partial charge in [-0.05, 0) is 88.2 Å². The molecule has 0 unspecified atom stereocenters. The van der Waals surface area contributed by atoms with Gasteiger partial charge in [0.15, 0.2) is 0 Å². The van der Waals surface area contributed by atoms with Gasteiger partial charge >= 0.3 is 41.9 Å². The molecule has 0 radical (unpaired) electrons. The van der Waals surface area contributed by atoms with Crippen molar-refractivity contribution in [1.29, 1.82) is 0 Å². The Morgan fingerprint density at radius 2 is 0.790 bits per heavy atom. The van der Waals surface area contributed by atoms with Crippen LogP contribution in [0.25, 0.3) is 43.8 Å². The van der Waals surface area contributed by atoms with Crippen LogP contribution in [0, 0.1) is 38.5 Å². The summed E-state index contributed by atoms with van der Waals surface area (Å²) in [5.74, 6) is 0. The monoisotopic (exact) mass is 960 g/mol. The minimum atomic E-state index is 0. The van der Waals surface area contributed by atoms with Gasteiger partial charge in [0.25, 0.3) is 0 Å². The zero-order valence-corrected chi connectivity index (χ0v) is 44.7. The van der Waals surface area contributed by atoms with Crippen LogP contribution in [0.1, 0.15) is 150 Å². The minimum Gasteiger partial charge on any atom is -1.00 e. The van der Waals surface area contributed by atoms with Crippen molar-refractivity contribution in [2.75, 3.05) is 0 Å². The van der Waals surface area contributed by atoms with Gasteiger partial charge < -0.3 is 24.8 Å². The second-order valence-electron chi connectivity index (χ2n) is 19.7. The predicted molar refractivity (Wildman–Crippen MR) is 264 cm³/mol. The number of benzene rings is 4. The Kier molecular flexibility index (Phi) is 21.0. The summed E-state index contributed by atoms with van der Waals surface area (Å²) in [6.07, 6.45) is 25.1. The largest absolute Gasteiger partial charge is 1.00 e. The van der Waals surface area contributed by atoms with Gasteiger partial charge in [-0.2, -0.15) is 12.1 Å². The molecule has 4 heteroatoms. The Labute approximate surface area is 405 Å². The first-order valence-corrected chi connectivity index (χ1v) is 30.1. The van der Waals surface area contributed by atoms with Gasteiger partial charge in [-0.1, -0.05) is 173 Å². The van der Waals surface area contributed by atoms with Gasteiger partial charge in [0.2, 0.25) is 0 Å². The molecule has 6 aromatic carbocycles. The van der Waals surface area contributed by atoms with Crippen molar-refractivity contribution in [3.8, 4) is 22.3 Å². The Balaban J connectivity index is 0.000000244. The predicted octanol–water partition coefficient (Wildman–Crippen LogP) is 11.8. The van der Waals surface area contributed by atoms with E-state index in [1.807, 2.05) is 0 Å². The van der Waals surface area contributed by atoms with Gasteiger partial charge in [-0.3, -0.25) is 0 Å². The van der Waals surface area contributed by atoms with Crippen LogP contribution < -0.4 is 24.8 Å². The molecule has 2 aliphatic carbocycles. The van der Waals surface area contributed by atoms with E-state index >= 15 is 0 Å². The fraction of sp³-hybridized carbons (Fsp3) is 0.483. The average molecular weight is 963 g/mol. The maximum absolute atomic E-state index is 2.50. The summed E-state index contributed by atoms with van der Waals surface area (Å²) in [7, 11) is 0. The number of hydrogen-bond donors (Lipinski definition) is 0. The van der Waals surface area contributed by atoms with Gasteiger partial charge in [0, 0.05) is 0 Å². The molecule has 2 aliphatic rings. The van der Waals surface area contributed by atoms with E-state index in [0.717, 1.165) is 0 Å². The van der Waals surface area contributed by atoms with Crippen LogP contribution in [-0.2, 0) is 36.2 Å². The van der Waals surface area contributed by atoms with Crippen LogP contribution in [0.5, 0.6) is 0 Å². The number of halogens is 2. The maximum atomic E-state index is 2.50.